The van der Waals surface area contributed by atoms with E-state index in [0.717, 1.165) is 16.3 Å². The molecule has 24 heavy (non-hydrogen) atoms. The molecule has 4 heteroatoms. The topological polar surface area (TPSA) is 44.8 Å². The van der Waals surface area contributed by atoms with Crippen LogP contribution in [0.25, 0.3) is 10.8 Å². The number of rotatable bonds is 4. The van der Waals surface area contributed by atoms with Crippen LogP contribution in [-0.4, -0.2) is 20.2 Å². The normalized spacial score (nSPS) is 10.5. The van der Waals surface area contributed by atoms with Crippen molar-refractivity contribution in [1.29, 1.82) is 0 Å². The molecule has 3 aromatic carbocycles. The third kappa shape index (κ3) is 2.78. The van der Waals surface area contributed by atoms with Crippen LogP contribution in [0.5, 0.6) is 17.2 Å². The van der Waals surface area contributed by atoms with Crippen molar-refractivity contribution in [3.05, 3.63) is 65.7 Å². The van der Waals surface area contributed by atoms with Crippen molar-refractivity contribution in [1.82, 2.24) is 0 Å². The first-order valence-corrected chi connectivity index (χ1v) is 7.57. The van der Waals surface area contributed by atoms with Gasteiger partial charge in [0.2, 0.25) is 0 Å². The maximum absolute atomic E-state index is 12.7. The Hall–Kier alpha value is -3.01. The van der Waals surface area contributed by atoms with E-state index < -0.39 is 5.97 Å². The number of ether oxygens (including phenoxy) is 3. The number of para-hydroxylation sites is 1. The van der Waals surface area contributed by atoms with E-state index in [0.29, 0.717) is 22.8 Å². The van der Waals surface area contributed by atoms with Crippen LogP contribution in [0.15, 0.2) is 54.6 Å². The summed E-state index contributed by atoms with van der Waals surface area (Å²) < 4.78 is 16.5. The Labute approximate surface area is 140 Å². The minimum Gasteiger partial charge on any atom is -0.496 e. The van der Waals surface area contributed by atoms with Crippen LogP contribution in [0.4, 0.5) is 0 Å². The number of benzene rings is 3. The fraction of sp³-hybridized carbons (Fsp3) is 0.150. The fourth-order valence-corrected chi connectivity index (χ4v) is 2.68. The van der Waals surface area contributed by atoms with Gasteiger partial charge in [0.05, 0.1) is 14.2 Å². The molecule has 0 unspecified atom stereocenters. The van der Waals surface area contributed by atoms with Gasteiger partial charge in [-0.3, -0.25) is 0 Å². The summed E-state index contributed by atoms with van der Waals surface area (Å²) in [7, 11) is 3.11. The molecule has 0 atom stereocenters. The molecule has 0 aliphatic carbocycles. The molecule has 0 N–H and O–H groups in total. The van der Waals surface area contributed by atoms with Crippen LogP contribution in [0.2, 0.25) is 0 Å². The first kappa shape index (κ1) is 15.9. The molecule has 4 nitrogen and oxygen atoms in total. The summed E-state index contributed by atoms with van der Waals surface area (Å²) in [5, 5.41) is 1.68. The lowest BCUT2D eigenvalue weighted by molar-refractivity contribution is 0.0730. The maximum atomic E-state index is 12.7. The summed E-state index contributed by atoms with van der Waals surface area (Å²) in [4.78, 5) is 12.7. The van der Waals surface area contributed by atoms with Crippen molar-refractivity contribution >= 4 is 16.7 Å². The SMILES string of the molecule is COc1cc(C(=O)Oc2ccccc2C)c(OC)c2ccccc12. The van der Waals surface area contributed by atoms with E-state index in [1.807, 2.05) is 49.4 Å². The van der Waals surface area contributed by atoms with Gasteiger partial charge in [-0.15, -0.1) is 0 Å². The standard InChI is InChI=1S/C20H18O4/c1-13-8-4-7-11-17(13)24-20(21)16-12-18(22-2)14-9-5-6-10-15(14)19(16)23-3/h4-12H,1-3H3. The van der Waals surface area contributed by atoms with Gasteiger partial charge in [0, 0.05) is 10.8 Å². The van der Waals surface area contributed by atoms with Gasteiger partial charge in [0.1, 0.15) is 22.8 Å². The molecule has 3 rings (SSSR count). The molecule has 0 saturated heterocycles. The van der Waals surface area contributed by atoms with Crippen molar-refractivity contribution in [2.24, 2.45) is 0 Å². The van der Waals surface area contributed by atoms with Gasteiger partial charge in [0.25, 0.3) is 0 Å². The van der Waals surface area contributed by atoms with Gasteiger partial charge >= 0.3 is 5.97 Å². The van der Waals surface area contributed by atoms with Gasteiger partial charge in [-0.25, -0.2) is 4.79 Å². The molecule has 0 aromatic heterocycles. The lowest BCUT2D eigenvalue weighted by Crippen LogP contribution is -2.11. The zero-order valence-corrected chi connectivity index (χ0v) is 13.8. The number of aryl methyl sites for hydroxylation is 1. The summed E-state index contributed by atoms with van der Waals surface area (Å²) in [6.45, 7) is 1.89. The van der Waals surface area contributed by atoms with E-state index in [1.165, 1.54) is 0 Å². The molecule has 0 spiro atoms. The summed E-state index contributed by atoms with van der Waals surface area (Å²) >= 11 is 0. The minimum absolute atomic E-state index is 0.330. The van der Waals surface area contributed by atoms with Crippen LogP contribution in [0.3, 0.4) is 0 Å². The Morgan fingerprint density at radius 2 is 1.50 bits per heavy atom. The molecule has 0 aliphatic rings. The average molecular weight is 322 g/mol. The predicted octanol–water partition coefficient (Wildman–Crippen LogP) is 4.38. The largest absolute Gasteiger partial charge is 0.496 e. The number of fused-ring (bicyclic) bond motifs is 1. The number of hydrogen-bond donors (Lipinski definition) is 0. The van der Waals surface area contributed by atoms with Gasteiger partial charge in [-0.2, -0.15) is 0 Å². The molecule has 0 aliphatic heterocycles. The van der Waals surface area contributed by atoms with Crippen LogP contribution in [0, 0.1) is 6.92 Å². The summed E-state index contributed by atoms with van der Waals surface area (Å²) in [5.41, 5.74) is 1.22. The smallest absolute Gasteiger partial charge is 0.347 e. The number of methoxy groups -OCH3 is 2. The van der Waals surface area contributed by atoms with Crippen LogP contribution >= 0.6 is 0 Å². The van der Waals surface area contributed by atoms with Crippen molar-refractivity contribution in [3.8, 4) is 17.2 Å². The monoisotopic (exact) mass is 322 g/mol. The summed E-state index contributed by atoms with van der Waals surface area (Å²) in [6.07, 6.45) is 0. The van der Waals surface area contributed by atoms with Gasteiger partial charge in [-0.1, -0.05) is 42.5 Å². The molecular formula is C20H18O4. The minimum atomic E-state index is -0.481. The lowest BCUT2D eigenvalue weighted by atomic mass is 10.0. The number of carbonyl (C=O) groups excluding carboxylic acids is 1. The third-order valence-electron chi connectivity index (χ3n) is 3.90. The van der Waals surface area contributed by atoms with Gasteiger partial charge < -0.3 is 14.2 Å². The van der Waals surface area contributed by atoms with E-state index >= 15 is 0 Å². The summed E-state index contributed by atoms with van der Waals surface area (Å²) in [5.74, 6) is 1.12. The Morgan fingerprint density at radius 1 is 0.833 bits per heavy atom. The average Bonchev–Trinajstić information content (AvgIpc) is 2.62. The zero-order chi connectivity index (χ0) is 17.1. The van der Waals surface area contributed by atoms with Gasteiger partial charge in [-0.05, 0) is 24.6 Å². The van der Waals surface area contributed by atoms with Crippen molar-refractivity contribution < 1.29 is 19.0 Å². The second-order valence-electron chi connectivity index (χ2n) is 5.36. The Bertz CT molecular complexity index is 899. The Balaban J connectivity index is 2.11. The fourth-order valence-electron chi connectivity index (χ4n) is 2.68. The van der Waals surface area contributed by atoms with Crippen LogP contribution in [0.1, 0.15) is 15.9 Å². The highest BCUT2D eigenvalue weighted by molar-refractivity contribution is 6.04. The van der Waals surface area contributed by atoms with E-state index in [9.17, 15) is 4.79 Å². The first-order valence-electron chi connectivity index (χ1n) is 7.57. The van der Waals surface area contributed by atoms with E-state index in [1.54, 1.807) is 26.4 Å². The number of esters is 1. The molecule has 0 radical (unpaired) electrons. The van der Waals surface area contributed by atoms with E-state index in [-0.39, 0.29) is 0 Å². The molecule has 3 aromatic rings. The molecule has 0 fully saturated rings. The number of carbonyl (C=O) groups is 1. The quantitative estimate of drug-likeness (QED) is 0.528. The van der Waals surface area contributed by atoms with Crippen LogP contribution in [-0.2, 0) is 0 Å². The second kappa shape index (κ2) is 6.62. The highest BCUT2D eigenvalue weighted by Crippen LogP contribution is 2.37. The Morgan fingerprint density at radius 3 is 2.17 bits per heavy atom. The summed E-state index contributed by atoms with van der Waals surface area (Å²) in [6, 6.07) is 16.6. The second-order valence-corrected chi connectivity index (χ2v) is 5.36. The Kier molecular flexibility index (Phi) is 4.38. The molecule has 0 amide bonds. The molecule has 0 saturated carbocycles. The van der Waals surface area contributed by atoms with Crippen molar-refractivity contribution in [2.45, 2.75) is 6.92 Å². The van der Waals surface area contributed by atoms with Crippen molar-refractivity contribution in [3.63, 3.8) is 0 Å². The van der Waals surface area contributed by atoms with Crippen molar-refractivity contribution in [2.75, 3.05) is 14.2 Å². The third-order valence-corrected chi connectivity index (χ3v) is 3.90. The highest BCUT2D eigenvalue weighted by atomic mass is 16.5. The van der Waals surface area contributed by atoms with E-state index in [4.69, 9.17) is 14.2 Å². The highest BCUT2D eigenvalue weighted by Gasteiger charge is 2.20. The maximum Gasteiger partial charge on any atom is 0.347 e. The van der Waals surface area contributed by atoms with E-state index in [2.05, 4.69) is 0 Å². The number of hydrogen-bond acceptors (Lipinski definition) is 4. The first-order chi connectivity index (χ1) is 11.7. The zero-order valence-electron chi connectivity index (χ0n) is 13.8. The predicted molar refractivity (Wildman–Crippen MR) is 93.2 cm³/mol. The van der Waals surface area contributed by atoms with Crippen LogP contribution < -0.4 is 14.2 Å². The lowest BCUT2D eigenvalue weighted by Gasteiger charge is -2.15. The molecule has 0 heterocycles. The van der Waals surface area contributed by atoms with Gasteiger partial charge in [0.15, 0.2) is 0 Å². The molecule has 122 valence electrons. The molecule has 0 bridgehead atoms. The molecular weight excluding hydrogens is 304 g/mol.